The maximum atomic E-state index is 11.8. The van der Waals surface area contributed by atoms with Gasteiger partial charge in [-0.2, -0.15) is 0 Å². The standard InChI is InChI=1S/C20H20N2O2S/c1-13-4-7-18(25-13)19(22-10-2-3-17(22)20(23)24)15-5-6-16-12-21-9-8-14(16)11-15/h4-9,11-12,17,19H,2-3,10H2,1H3,(H,23,24). The van der Waals surface area contributed by atoms with Crippen LogP contribution in [0.1, 0.15) is 34.2 Å². The van der Waals surface area contributed by atoms with Crippen LogP contribution < -0.4 is 0 Å². The van der Waals surface area contributed by atoms with Crippen molar-refractivity contribution in [2.24, 2.45) is 0 Å². The Hall–Kier alpha value is -2.24. The Kier molecular flexibility index (Phi) is 4.27. The lowest BCUT2D eigenvalue weighted by atomic mass is 9.99. The first kappa shape index (κ1) is 16.2. The lowest BCUT2D eigenvalue weighted by Crippen LogP contribution is -2.39. The zero-order valence-corrected chi connectivity index (χ0v) is 14.9. The topological polar surface area (TPSA) is 53.4 Å². The molecule has 3 aromatic rings. The van der Waals surface area contributed by atoms with Crippen molar-refractivity contribution >= 4 is 28.1 Å². The number of nitrogens with zero attached hydrogens (tertiary/aromatic N) is 2. The van der Waals surface area contributed by atoms with E-state index in [4.69, 9.17) is 0 Å². The summed E-state index contributed by atoms with van der Waals surface area (Å²) in [6.45, 7) is 2.91. The van der Waals surface area contributed by atoms with Gasteiger partial charge in [-0.25, -0.2) is 0 Å². The molecule has 1 aliphatic rings. The predicted molar refractivity (Wildman–Crippen MR) is 100 cm³/mol. The molecule has 4 nitrogen and oxygen atoms in total. The van der Waals surface area contributed by atoms with E-state index in [9.17, 15) is 9.90 Å². The van der Waals surface area contributed by atoms with Crippen molar-refractivity contribution in [2.45, 2.75) is 31.8 Å². The summed E-state index contributed by atoms with van der Waals surface area (Å²) < 4.78 is 0. The number of likely N-dealkylation sites (tertiary alicyclic amines) is 1. The molecule has 3 heterocycles. The first-order valence-corrected chi connectivity index (χ1v) is 9.34. The molecule has 25 heavy (non-hydrogen) atoms. The van der Waals surface area contributed by atoms with Crippen molar-refractivity contribution < 1.29 is 9.90 Å². The van der Waals surface area contributed by atoms with Crippen LogP contribution in [0.25, 0.3) is 10.8 Å². The number of carbonyl (C=O) groups is 1. The third-order valence-electron chi connectivity index (χ3n) is 4.92. The number of pyridine rings is 1. The molecule has 5 heteroatoms. The van der Waals surface area contributed by atoms with Gasteiger partial charge in [0.25, 0.3) is 0 Å². The summed E-state index contributed by atoms with van der Waals surface area (Å²) >= 11 is 1.75. The maximum Gasteiger partial charge on any atom is 0.320 e. The van der Waals surface area contributed by atoms with E-state index in [0.717, 1.165) is 29.3 Å². The Morgan fingerprint density at radius 3 is 2.92 bits per heavy atom. The largest absolute Gasteiger partial charge is 0.480 e. The van der Waals surface area contributed by atoms with Gasteiger partial charge in [0, 0.05) is 34.1 Å². The third-order valence-corrected chi connectivity index (χ3v) is 5.98. The average molecular weight is 352 g/mol. The Balaban J connectivity index is 1.83. The minimum absolute atomic E-state index is 0.0140. The fourth-order valence-electron chi connectivity index (χ4n) is 3.75. The van der Waals surface area contributed by atoms with E-state index in [0.29, 0.717) is 6.42 Å². The van der Waals surface area contributed by atoms with Crippen molar-refractivity contribution in [3.05, 3.63) is 64.1 Å². The molecule has 0 spiro atoms. The molecule has 128 valence electrons. The molecule has 1 aliphatic heterocycles. The first-order chi connectivity index (χ1) is 12.1. The van der Waals surface area contributed by atoms with Crippen molar-refractivity contribution in [3.63, 3.8) is 0 Å². The molecule has 0 radical (unpaired) electrons. The molecule has 1 aromatic carbocycles. The SMILES string of the molecule is Cc1ccc(C(c2ccc3cnccc3c2)N2CCCC2C(=O)O)s1. The molecule has 0 amide bonds. The van der Waals surface area contributed by atoms with E-state index in [1.54, 1.807) is 17.5 Å². The average Bonchev–Trinajstić information content (AvgIpc) is 3.25. The molecule has 4 rings (SSSR count). The highest BCUT2D eigenvalue weighted by Gasteiger charge is 2.37. The molecule has 1 N–H and O–H groups in total. The van der Waals surface area contributed by atoms with Crippen LogP contribution in [0.4, 0.5) is 0 Å². The lowest BCUT2D eigenvalue weighted by molar-refractivity contribution is -0.142. The number of aryl methyl sites for hydroxylation is 1. The maximum absolute atomic E-state index is 11.8. The monoisotopic (exact) mass is 352 g/mol. The molecular weight excluding hydrogens is 332 g/mol. The number of aliphatic carboxylic acids is 1. The first-order valence-electron chi connectivity index (χ1n) is 8.52. The fraction of sp³-hybridized carbons (Fsp3) is 0.300. The van der Waals surface area contributed by atoms with Gasteiger partial charge in [-0.1, -0.05) is 12.1 Å². The zero-order chi connectivity index (χ0) is 17.4. The van der Waals surface area contributed by atoms with Crippen molar-refractivity contribution in [2.75, 3.05) is 6.54 Å². The van der Waals surface area contributed by atoms with E-state index in [1.165, 1.54) is 9.75 Å². The summed E-state index contributed by atoms with van der Waals surface area (Å²) in [5.74, 6) is -0.722. The number of carboxylic acids is 1. The number of rotatable bonds is 4. The second-order valence-corrected chi connectivity index (χ2v) is 7.89. The number of benzene rings is 1. The Labute approximate surface area is 150 Å². The van der Waals surface area contributed by atoms with Crippen LogP contribution in [0.3, 0.4) is 0 Å². The second kappa shape index (κ2) is 6.58. The summed E-state index contributed by atoms with van der Waals surface area (Å²) in [6, 6.07) is 12.2. The highest BCUT2D eigenvalue weighted by molar-refractivity contribution is 7.12. The molecule has 2 unspecified atom stereocenters. The van der Waals surface area contributed by atoms with Crippen molar-refractivity contribution in [3.8, 4) is 0 Å². The van der Waals surface area contributed by atoms with Crippen LogP contribution in [0.5, 0.6) is 0 Å². The number of thiophene rings is 1. The molecule has 0 saturated carbocycles. The summed E-state index contributed by atoms with van der Waals surface area (Å²) in [5, 5.41) is 11.9. The Morgan fingerprint density at radius 1 is 1.28 bits per heavy atom. The molecule has 2 aromatic heterocycles. The summed E-state index contributed by atoms with van der Waals surface area (Å²) in [6.07, 6.45) is 5.30. The minimum Gasteiger partial charge on any atom is -0.480 e. The van der Waals surface area contributed by atoms with E-state index in [1.807, 2.05) is 12.3 Å². The van der Waals surface area contributed by atoms with Gasteiger partial charge in [0.2, 0.25) is 0 Å². The van der Waals surface area contributed by atoms with Gasteiger partial charge in [0.1, 0.15) is 6.04 Å². The smallest absolute Gasteiger partial charge is 0.320 e. The molecule has 1 saturated heterocycles. The highest BCUT2D eigenvalue weighted by Crippen LogP contribution is 2.38. The number of hydrogen-bond acceptors (Lipinski definition) is 4. The summed E-state index contributed by atoms with van der Waals surface area (Å²) in [4.78, 5) is 20.5. The number of carboxylic acid groups (broad SMARTS) is 1. The third kappa shape index (κ3) is 3.05. The van der Waals surface area contributed by atoms with Gasteiger partial charge in [-0.05, 0) is 55.0 Å². The van der Waals surface area contributed by atoms with E-state index in [2.05, 4.69) is 47.1 Å². The van der Waals surface area contributed by atoms with Crippen LogP contribution >= 0.6 is 11.3 Å². The normalized spacial score (nSPS) is 19.3. The summed E-state index contributed by atoms with van der Waals surface area (Å²) in [5.41, 5.74) is 1.15. The highest BCUT2D eigenvalue weighted by atomic mass is 32.1. The number of fused-ring (bicyclic) bond motifs is 1. The Morgan fingerprint density at radius 2 is 2.16 bits per heavy atom. The van der Waals surface area contributed by atoms with Crippen LogP contribution in [0, 0.1) is 6.92 Å². The summed E-state index contributed by atoms with van der Waals surface area (Å²) in [7, 11) is 0. The van der Waals surface area contributed by atoms with E-state index in [-0.39, 0.29) is 6.04 Å². The lowest BCUT2D eigenvalue weighted by Gasteiger charge is -2.31. The van der Waals surface area contributed by atoms with Crippen molar-refractivity contribution in [1.29, 1.82) is 0 Å². The molecule has 2 atom stereocenters. The molecule has 0 aliphatic carbocycles. The molecule has 1 fully saturated rings. The van der Waals surface area contributed by atoms with Gasteiger partial charge in [-0.3, -0.25) is 14.7 Å². The van der Waals surface area contributed by atoms with Crippen LogP contribution in [0.2, 0.25) is 0 Å². The van der Waals surface area contributed by atoms with E-state index < -0.39 is 12.0 Å². The molecule has 0 bridgehead atoms. The van der Waals surface area contributed by atoms with Gasteiger partial charge < -0.3 is 5.11 Å². The van der Waals surface area contributed by atoms with Gasteiger partial charge in [0.05, 0.1) is 6.04 Å². The quantitative estimate of drug-likeness (QED) is 0.763. The van der Waals surface area contributed by atoms with E-state index >= 15 is 0 Å². The minimum atomic E-state index is -0.722. The van der Waals surface area contributed by atoms with Gasteiger partial charge in [0.15, 0.2) is 0 Å². The zero-order valence-electron chi connectivity index (χ0n) is 14.1. The second-order valence-electron chi connectivity index (χ2n) is 6.57. The number of aromatic nitrogens is 1. The van der Waals surface area contributed by atoms with Gasteiger partial charge >= 0.3 is 5.97 Å². The van der Waals surface area contributed by atoms with Crippen LogP contribution in [-0.2, 0) is 4.79 Å². The fourth-order valence-corrected chi connectivity index (χ4v) is 4.78. The van der Waals surface area contributed by atoms with Gasteiger partial charge in [-0.15, -0.1) is 11.3 Å². The Bertz CT molecular complexity index is 921. The van der Waals surface area contributed by atoms with Crippen LogP contribution in [-0.4, -0.2) is 33.5 Å². The molecular formula is C20H20N2O2S. The number of hydrogen-bond donors (Lipinski definition) is 1. The van der Waals surface area contributed by atoms with Crippen LogP contribution in [0.15, 0.2) is 48.8 Å². The van der Waals surface area contributed by atoms with Crippen molar-refractivity contribution in [1.82, 2.24) is 9.88 Å². The predicted octanol–water partition coefficient (Wildman–Crippen LogP) is 4.24.